The van der Waals surface area contributed by atoms with Crippen LogP contribution in [-0.4, -0.2) is 17.4 Å². The molecule has 0 amide bonds. The Morgan fingerprint density at radius 1 is 1.56 bits per heavy atom. The first-order valence-corrected chi connectivity index (χ1v) is 6.02. The van der Waals surface area contributed by atoms with Gasteiger partial charge in [0.2, 0.25) is 0 Å². The van der Waals surface area contributed by atoms with Crippen molar-refractivity contribution >= 4 is 21.9 Å². The summed E-state index contributed by atoms with van der Waals surface area (Å²) < 4.78 is 18.2. The van der Waals surface area contributed by atoms with Crippen LogP contribution in [0.4, 0.5) is 4.39 Å². The molecule has 1 unspecified atom stereocenters. The number of aryl methyl sites for hydroxylation is 1. The van der Waals surface area contributed by atoms with E-state index >= 15 is 0 Å². The molecule has 0 aromatic heterocycles. The molecule has 4 heteroatoms. The van der Waals surface area contributed by atoms with Gasteiger partial charge in [0.1, 0.15) is 10.6 Å². The highest BCUT2D eigenvalue weighted by molar-refractivity contribution is 9.10. The fraction of sp³-hybridized carbons (Fsp3) is 0.417. The molecule has 0 bridgehead atoms. The van der Waals surface area contributed by atoms with Crippen molar-refractivity contribution < 1.29 is 13.9 Å². The lowest BCUT2D eigenvalue weighted by Gasteiger charge is -2.10. The summed E-state index contributed by atoms with van der Waals surface area (Å²) in [7, 11) is 0. The van der Waals surface area contributed by atoms with Crippen LogP contribution in [0.1, 0.15) is 18.1 Å². The summed E-state index contributed by atoms with van der Waals surface area (Å²) in [5.74, 6) is -0.650. The molecule has 2 nitrogen and oxygen atoms in total. The number of hydrogen-bond acceptors (Lipinski definition) is 2. The van der Waals surface area contributed by atoms with E-state index in [0.29, 0.717) is 18.6 Å². The van der Waals surface area contributed by atoms with Crippen LogP contribution in [0.25, 0.3) is 0 Å². The van der Waals surface area contributed by atoms with Gasteiger partial charge in [0.15, 0.2) is 0 Å². The SMILES string of the molecule is CCOC(=O)C(Br)Cc1cc(C)ccc1F. The number of rotatable bonds is 4. The Balaban J connectivity index is 2.72. The summed E-state index contributed by atoms with van der Waals surface area (Å²) >= 11 is 3.20. The summed E-state index contributed by atoms with van der Waals surface area (Å²) in [6, 6.07) is 4.85. The van der Waals surface area contributed by atoms with E-state index < -0.39 is 4.83 Å². The van der Waals surface area contributed by atoms with E-state index in [1.54, 1.807) is 19.1 Å². The lowest BCUT2D eigenvalue weighted by atomic mass is 10.1. The molecule has 1 rings (SSSR count). The highest BCUT2D eigenvalue weighted by atomic mass is 79.9. The number of alkyl halides is 1. The minimum Gasteiger partial charge on any atom is -0.465 e. The number of esters is 1. The van der Waals surface area contributed by atoms with Gasteiger partial charge >= 0.3 is 5.97 Å². The van der Waals surface area contributed by atoms with Crippen molar-refractivity contribution in [3.63, 3.8) is 0 Å². The smallest absolute Gasteiger partial charge is 0.320 e. The number of ether oxygens (including phenoxy) is 1. The zero-order valence-electron chi connectivity index (χ0n) is 9.30. The maximum atomic E-state index is 13.4. The molecule has 1 atom stereocenters. The van der Waals surface area contributed by atoms with Gasteiger partial charge in [-0.2, -0.15) is 0 Å². The summed E-state index contributed by atoms with van der Waals surface area (Å²) in [6.45, 7) is 3.96. The van der Waals surface area contributed by atoms with Crippen molar-refractivity contribution in [3.8, 4) is 0 Å². The zero-order valence-corrected chi connectivity index (χ0v) is 10.9. The fourth-order valence-corrected chi connectivity index (χ4v) is 1.85. The molecule has 0 aliphatic rings. The molecular formula is C12H14BrFO2. The maximum Gasteiger partial charge on any atom is 0.320 e. The van der Waals surface area contributed by atoms with Crippen molar-refractivity contribution in [3.05, 3.63) is 35.1 Å². The van der Waals surface area contributed by atoms with Crippen LogP contribution in [0.2, 0.25) is 0 Å². The average molecular weight is 289 g/mol. The molecule has 88 valence electrons. The van der Waals surface area contributed by atoms with E-state index in [4.69, 9.17) is 4.74 Å². The Morgan fingerprint density at radius 2 is 2.25 bits per heavy atom. The second kappa shape index (κ2) is 5.99. The number of benzene rings is 1. The zero-order chi connectivity index (χ0) is 12.1. The fourth-order valence-electron chi connectivity index (χ4n) is 1.37. The van der Waals surface area contributed by atoms with Gasteiger partial charge in [0.25, 0.3) is 0 Å². The minimum atomic E-state index is -0.497. The third-order valence-corrected chi connectivity index (χ3v) is 2.84. The first-order chi connectivity index (χ1) is 7.54. The first kappa shape index (κ1) is 13.2. The van der Waals surface area contributed by atoms with E-state index in [-0.39, 0.29) is 11.8 Å². The molecule has 0 N–H and O–H groups in total. The largest absolute Gasteiger partial charge is 0.465 e. The van der Waals surface area contributed by atoms with Gasteiger partial charge in [-0.05, 0) is 31.9 Å². The minimum absolute atomic E-state index is 0.292. The third-order valence-electron chi connectivity index (χ3n) is 2.14. The summed E-state index contributed by atoms with van der Waals surface area (Å²) in [5.41, 5.74) is 1.50. The van der Waals surface area contributed by atoms with Gasteiger partial charge < -0.3 is 4.74 Å². The van der Waals surface area contributed by atoms with Crippen molar-refractivity contribution in [2.24, 2.45) is 0 Å². The Bertz CT molecular complexity index is 379. The van der Waals surface area contributed by atoms with Crippen LogP contribution < -0.4 is 0 Å². The number of carbonyl (C=O) groups excluding carboxylic acids is 1. The average Bonchev–Trinajstić information content (AvgIpc) is 2.23. The van der Waals surface area contributed by atoms with Crippen molar-refractivity contribution in [1.82, 2.24) is 0 Å². The summed E-state index contributed by atoms with van der Waals surface area (Å²) in [6.07, 6.45) is 0.298. The third kappa shape index (κ3) is 3.59. The van der Waals surface area contributed by atoms with Crippen molar-refractivity contribution in [2.45, 2.75) is 25.1 Å². The van der Waals surface area contributed by atoms with Crippen LogP contribution in [0, 0.1) is 12.7 Å². The van der Waals surface area contributed by atoms with Gasteiger partial charge in [0.05, 0.1) is 6.61 Å². The quantitative estimate of drug-likeness (QED) is 0.629. The molecule has 0 radical (unpaired) electrons. The second-order valence-electron chi connectivity index (χ2n) is 3.52. The molecule has 0 saturated carbocycles. The Labute approximate surface area is 103 Å². The standard InChI is InChI=1S/C12H14BrFO2/c1-3-16-12(15)10(13)7-9-6-8(2)4-5-11(9)14/h4-6,10H,3,7H2,1-2H3. The predicted octanol–water partition coefficient (Wildman–Crippen LogP) is 3.00. The number of halogens is 2. The molecule has 0 spiro atoms. The first-order valence-electron chi connectivity index (χ1n) is 5.10. The van der Waals surface area contributed by atoms with E-state index in [1.165, 1.54) is 6.07 Å². The summed E-state index contributed by atoms with van der Waals surface area (Å²) in [5, 5.41) is 0. The van der Waals surface area contributed by atoms with Gasteiger partial charge in [-0.25, -0.2) is 4.39 Å². The van der Waals surface area contributed by atoms with E-state index in [2.05, 4.69) is 15.9 Å². The number of carbonyl (C=O) groups is 1. The lowest BCUT2D eigenvalue weighted by Crippen LogP contribution is -2.20. The van der Waals surface area contributed by atoms with Gasteiger partial charge in [0, 0.05) is 0 Å². The van der Waals surface area contributed by atoms with Gasteiger partial charge in [-0.3, -0.25) is 4.79 Å². The van der Waals surface area contributed by atoms with E-state index in [0.717, 1.165) is 5.56 Å². The lowest BCUT2D eigenvalue weighted by molar-refractivity contribution is -0.142. The topological polar surface area (TPSA) is 26.3 Å². The number of hydrogen-bond donors (Lipinski definition) is 0. The van der Waals surface area contributed by atoms with Crippen LogP contribution in [0.5, 0.6) is 0 Å². The van der Waals surface area contributed by atoms with Crippen LogP contribution in [0.15, 0.2) is 18.2 Å². The molecular weight excluding hydrogens is 275 g/mol. The Kier molecular flexibility index (Phi) is 4.93. The summed E-state index contributed by atoms with van der Waals surface area (Å²) in [4.78, 5) is 10.9. The van der Waals surface area contributed by atoms with Crippen LogP contribution in [-0.2, 0) is 16.0 Å². The van der Waals surface area contributed by atoms with E-state index in [9.17, 15) is 9.18 Å². The molecule has 0 aliphatic carbocycles. The molecule has 16 heavy (non-hydrogen) atoms. The van der Waals surface area contributed by atoms with Gasteiger partial charge in [-0.1, -0.05) is 33.6 Å². The van der Waals surface area contributed by atoms with E-state index in [1.807, 2.05) is 6.92 Å². The predicted molar refractivity (Wildman–Crippen MR) is 64.2 cm³/mol. The second-order valence-corrected chi connectivity index (χ2v) is 4.62. The monoisotopic (exact) mass is 288 g/mol. The van der Waals surface area contributed by atoms with Crippen molar-refractivity contribution in [1.29, 1.82) is 0 Å². The Morgan fingerprint density at radius 3 is 2.88 bits per heavy atom. The van der Waals surface area contributed by atoms with Crippen molar-refractivity contribution in [2.75, 3.05) is 6.61 Å². The molecule has 0 saturated heterocycles. The highest BCUT2D eigenvalue weighted by Gasteiger charge is 2.18. The van der Waals surface area contributed by atoms with Gasteiger partial charge in [-0.15, -0.1) is 0 Å². The molecule has 0 heterocycles. The Hall–Kier alpha value is -0.900. The maximum absolute atomic E-state index is 13.4. The van der Waals surface area contributed by atoms with Crippen LogP contribution in [0.3, 0.4) is 0 Å². The van der Waals surface area contributed by atoms with Crippen LogP contribution >= 0.6 is 15.9 Å². The highest BCUT2D eigenvalue weighted by Crippen LogP contribution is 2.16. The normalized spacial score (nSPS) is 12.2. The molecule has 1 aromatic rings. The molecule has 0 aliphatic heterocycles. The molecule has 0 fully saturated rings. The molecule has 1 aromatic carbocycles.